The number of rotatable bonds is 4. The molecule has 3 heterocycles. The zero-order valence-electron chi connectivity index (χ0n) is 15.6. The number of para-hydroxylation sites is 2. The lowest BCUT2D eigenvalue weighted by Crippen LogP contribution is -2.32. The van der Waals surface area contributed by atoms with Gasteiger partial charge in [0.2, 0.25) is 0 Å². The summed E-state index contributed by atoms with van der Waals surface area (Å²) in [5.74, 6) is 0.708. The molecule has 1 atom stereocenters. The maximum atomic E-state index is 13.3. The van der Waals surface area contributed by atoms with Gasteiger partial charge in [-0.05, 0) is 29.6 Å². The van der Waals surface area contributed by atoms with Crippen molar-refractivity contribution in [3.8, 4) is 22.0 Å². The molecule has 1 unspecified atom stereocenters. The first-order chi connectivity index (χ1) is 14.3. The summed E-state index contributed by atoms with van der Waals surface area (Å²) in [4.78, 5) is 14.3. The minimum Gasteiger partial charge on any atom is -0.493 e. The van der Waals surface area contributed by atoms with Crippen LogP contribution in [0.1, 0.15) is 28.4 Å². The fourth-order valence-corrected chi connectivity index (χ4v) is 4.30. The molecule has 1 aliphatic heterocycles. The minimum atomic E-state index is -0.128. The van der Waals surface area contributed by atoms with Crippen molar-refractivity contribution in [2.75, 3.05) is 6.61 Å². The Bertz CT molecular complexity index is 1140. The van der Waals surface area contributed by atoms with Gasteiger partial charge in [0.25, 0.3) is 5.91 Å². The highest BCUT2D eigenvalue weighted by Crippen LogP contribution is 2.33. The molecule has 144 valence electrons. The number of carbonyl (C=O) groups excluding carboxylic acids is 1. The van der Waals surface area contributed by atoms with Gasteiger partial charge in [-0.2, -0.15) is 5.10 Å². The summed E-state index contributed by atoms with van der Waals surface area (Å²) in [6.45, 7) is 0.586. The van der Waals surface area contributed by atoms with Crippen molar-refractivity contribution in [3.63, 3.8) is 0 Å². The molecule has 0 spiro atoms. The number of thiophene rings is 1. The maximum Gasteiger partial charge on any atom is 0.255 e. The van der Waals surface area contributed by atoms with E-state index in [4.69, 9.17) is 9.84 Å². The number of ether oxygens (including phenoxy) is 1. The van der Waals surface area contributed by atoms with Crippen molar-refractivity contribution in [2.45, 2.75) is 12.5 Å². The van der Waals surface area contributed by atoms with E-state index in [-0.39, 0.29) is 11.9 Å². The molecule has 5 nitrogen and oxygen atoms in total. The molecule has 0 radical (unpaired) electrons. The summed E-state index contributed by atoms with van der Waals surface area (Å²) in [5, 5.41) is 9.91. The molecule has 0 fully saturated rings. The van der Waals surface area contributed by atoms with E-state index >= 15 is 0 Å². The topological polar surface area (TPSA) is 56.1 Å². The van der Waals surface area contributed by atoms with E-state index in [0.717, 1.165) is 28.3 Å². The molecule has 0 bridgehead atoms. The predicted molar refractivity (Wildman–Crippen MR) is 114 cm³/mol. The summed E-state index contributed by atoms with van der Waals surface area (Å²) >= 11 is 1.57. The molecule has 1 amide bonds. The Hall–Kier alpha value is -3.38. The lowest BCUT2D eigenvalue weighted by atomic mass is 10.00. The van der Waals surface area contributed by atoms with E-state index in [0.29, 0.717) is 17.9 Å². The molecular formula is C23H19N3O2S. The highest BCUT2D eigenvalue weighted by atomic mass is 32.1. The zero-order valence-corrected chi connectivity index (χ0v) is 16.4. The van der Waals surface area contributed by atoms with Crippen molar-refractivity contribution in [2.24, 2.45) is 0 Å². The Morgan fingerprint density at radius 3 is 2.72 bits per heavy atom. The Balaban J connectivity index is 1.50. The molecule has 1 aliphatic rings. The van der Waals surface area contributed by atoms with E-state index in [1.54, 1.807) is 16.0 Å². The monoisotopic (exact) mass is 401 g/mol. The van der Waals surface area contributed by atoms with Crippen LogP contribution in [0.4, 0.5) is 0 Å². The first kappa shape index (κ1) is 17.7. The van der Waals surface area contributed by atoms with Crippen LogP contribution in [0, 0.1) is 0 Å². The van der Waals surface area contributed by atoms with Crippen molar-refractivity contribution in [3.05, 3.63) is 89.4 Å². The van der Waals surface area contributed by atoms with Gasteiger partial charge >= 0.3 is 0 Å². The van der Waals surface area contributed by atoms with Gasteiger partial charge in [0.15, 0.2) is 0 Å². The van der Waals surface area contributed by atoms with Gasteiger partial charge in [0, 0.05) is 18.2 Å². The highest BCUT2D eigenvalue weighted by molar-refractivity contribution is 7.13. The van der Waals surface area contributed by atoms with Gasteiger partial charge in [-0.15, -0.1) is 11.3 Å². The van der Waals surface area contributed by atoms with Crippen molar-refractivity contribution >= 4 is 17.2 Å². The average molecular weight is 401 g/mol. The zero-order chi connectivity index (χ0) is 19.6. The molecular weight excluding hydrogens is 382 g/mol. The van der Waals surface area contributed by atoms with Crippen molar-refractivity contribution in [1.29, 1.82) is 0 Å². The summed E-state index contributed by atoms with van der Waals surface area (Å²) in [6, 6.07) is 21.6. The number of nitrogens with one attached hydrogen (secondary N) is 1. The Morgan fingerprint density at radius 1 is 1.07 bits per heavy atom. The Morgan fingerprint density at radius 2 is 1.90 bits per heavy atom. The molecule has 29 heavy (non-hydrogen) atoms. The van der Waals surface area contributed by atoms with E-state index < -0.39 is 0 Å². The van der Waals surface area contributed by atoms with Crippen LogP contribution in [-0.4, -0.2) is 22.3 Å². The lowest BCUT2D eigenvalue weighted by Gasteiger charge is -2.26. The Labute approximate surface area is 172 Å². The molecule has 0 aliphatic carbocycles. The molecule has 5 rings (SSSR count). The number of amides is 1. The van der Waals surface area contributed by atoms with E-state index in [1.165, 1.54) is 0 Å². The second kappa shape index (κ2) is 7.56. The van der Waals surface area contributed by atoms with Crippen LogP contribution < -0.4 is 10.1 Å². The fourth-order valence-electron chi connectivity index (χ4n) is 3.58. The van der Waals surface area contributed by atoms with Crippen LogP contribution >= 0.6 is 11.3 Å². The van der Waals surface area contributed by atoms with Crippen molar-refractivity contribution < 1.29 is 9.53 Å². The van der Waals surface area contributed by atoms with Gasteiger partial charge in [-0.1, -0.05) is 42.5 Å². The molecule has 6 heteroatoms. The third-order valence-electron chi connectivity index (χ3n) is 5.00. The number of carbonyl (C=O) groups is 1. The summed E-state index contributed by atoms with van der Waals surface area (Å²) in [7, 11) is 0. The van der Waals surface area contributed by atoms with E-state index in [2.05, 4.69) is 5.32 Å². The lowest BCUT2D eigenvalue weighted by molar-refractivity contribution is 0.0925. The molecule has 2 aromatic heterocycles. The molecule has 0 saturated heterocycles. The van der Waals surface area contributed by atoms with E-state index in [9.17, 15) is 4.79 Å². The average Bonchev–Trinajstić information content (AvgIpc) is 3.45. The first-order valence-corrected chi connectivity index (χ1v) is 10.4. The minimum absolute atomic E-state index is 0.0799. The Kier molecular flexibility index (Phi) is 4.62. The van der Waals surface area contributed by atoms with Crippen LogP contribution in [0.25, 0.3) is 16.3 Å². The largest absolute Gasteiger partial charge is 0.493 e. The van der Waals surface area contributed by atoms with Crippen LogP contribution in [-0.2, 0) is 0 Å². The maximum absolute atomic E-state index is 13.3. The number of hydrogen-bond donors (Lipinski definition) is 1. The standard InChI is InChI=1S/C23H19N3O2S/c27-23(24-19-12-13-28-20-10-5-4-9-17(19)20)18-15-26(16-7-2-1-3-8-16)25-22(18)21-11-6-14-29-21/h1-11,14-15,19H,12-13H2,(H,24,27). The second-order valence-corrected chi connectivity index (χ2v) is 7.80. The number of hydrogen-bond acceptors (Lipinski definition) is 4. The van der Waals surface area contributed by atoms with Crippen LogP contribution in [0.5, 0.6) is 5.75 Å². The number of fused-ring (bicyclic) bond motifs is 1. The molecule has 0 saturated carbocycles. The third-order valence-corrected chi connectivity index (χ3v) is 5.87. The first-order valence-electron chi connectivity index (χ1n) is 9.51. The van der Waals surface area contributed by atoms with Crippen LogP contribution in [0.3, 0.4) is 0 Å². The fraction of sp³-hybridized carbons (Fsp3) is 0.130. The molecule has 4 aromatic rings. The molecule has 2 aromatic carbocycles. The van der Waals surface area contributed by atoms with Gasteiger partial charge < -0.3 is 10.1 Å². The molecule has 1 N–H and O–H groups in total. The van der Waals surface area contributed by atoms with Crippen LogP contribution in [0.15, 0.2) is 78.3 Å². The highest BCUT2D eigenvalue weighted by Gasteiger charge is 2.26. The number of aromatic nitrogens is 2. The van der Waals surface area contributed by atoms with Gasteiger partial charge in [0.1, 0.15) is 11.4 Å². The SMILES string of the molecule is O=C(NC1CCOc2ccccc21)c1cn(-c2ccccc2)nc1-c1cccs1. The van der Waals surface area contributed by atoms with E-state index in [1.807, 2.05) is 78.3 Å². The van der Waals surface area contributed by atoms with Crippen LogP contribution in [0.2, 0.25) is 0 Å². The second-order valence-electron chi connectivity index (χ2n) is 6.85. The van der Waals surface area contributed by atoms with Gasteiger partial charge in [-0.25, -0.2) is 4.68 Å². The summed E-state index contributed by atoms with van der Waals surface area (Å²) in [6.07, 6.45) is 2.55. The summed E-state index contributed by atoms with van der Waals surface area (Å²) in [5.41, 5.74) is 3.20. The predicted octanol–water partition coefficient (Wildman–Crippen LogP) is 4.85. The smallest absolute Gasteiger partial charge is 0.255 e. The number of benzene rings is 2. The normalized spacial score (nSPS) is 15.4. The number of nitrogens with zero attached hydrogens (tertiary/aromatic N) is 2. The van der Waals surface area contributed by atoms with Gasteiger partial charge in [0.05, 0.1) is 28.8 Å². The third kappa shape index (κ3) is 3.43. The van der Waals surface area contributed by atoms with Crippen molar-refractivity contribution in [1.82, 2.24) is 15.1 Å². The quantitative estimate of drug-likeness (QED) is 0.532. The van der Waals surface area contributed by atoms with Gasteiger partial charge in [-0.3, -0.25) is 4.79 Å². The summed E-state index contributed by atoms with van der Waals surface area (Å²) < 4.78 is 7.49.